The van der Waals surface area contributed by atoms with E-state index in [1.165, 1.54) is 18.6 Å². The van der Waals surface area contributed by atoms with Crippen LogP contribution in [0.25, 0.3) is 0 Å². The maximum absolute atomic E-state index is 11.8. The Morgan fingerprint density at radius 3 is 2.82 bits per heavy atom. The second kappa shape index (κ2) is 4.78. The molecular weight excluding hydrogens is 218 g/mol. The van der Waals surface area contributed by atoms with Crippen LogP contribution in [-0.4, -0.2) is 15.9 Å². The summed E-state index contributed by atoms with van der Waals surface area (Å²) in [4.78, 5) is 19.5. The molecule has 5 nitrogen and oxygen atoms in total. The van der Waals surface area contributed by atoms with Crippen LogP contribution in [0.2, 0.25) is 0 Å². The fraction of sp³-hybridized carbons (Fsp3) is 0.250. The Morgan fingerprint density at radius 1 is 1.41 bits per heavy atom. The maximum Gasteiger partial charge on any atom is 0.272 e. The highest BCUT2D eigenvalue weighted by atomic mass is 16.3. The molecule has 0 saturated heterocycles. The van der Waals surface area contributed by atoms with Crippen LogP contribution >= 0.6 is 0 Å². The van der Waals surface area contributed by atoms with Gasteiger partial charge in [-0.2, -0.15) is 0 Å². The van der Waals surface area contributed by atoms with Crippen molar-refractivity contribution in [2.75, 3.05) is 0 Å². The lowest BCUT2D eigenvalue weighted by Gasteiger charge is -2.10. The lowest BCUT2D eigenvalue weighted by Crippen LogP contribution is -2.27. The van der Waals surface area contributed by atoms with Crippen molar-refractivity contribution in [3.8, 4) is 0 Å². The van der Waals surface area contributed by atoms with Crippen molar-refractivity contribution >= 4 is 5.91 Å². The Hall–Kier alpha value is -2.17. The first-order valence-corrected chi connectivity index (χ1v) is 5.30. The highest BCUT2D eigenvalue weighted by molar-refractivity contribution is 5.92. The summed E-state index contributed by atoms with van der Waals surface area (Å²) in [6.45, 7) is 3.72. The number of aryl methyl sites for hydroxylation is 1. The van der Waals surface area contributed by atoms with Gasteiger partial charge in [0.25, 0.3) is 5.91 Å². The van der Waals surface area contributed by atoms with E-state index < -0.39 is 0 Å². The van der Waals surface area contributed by atoms with E-state index in [0.717, 1.165) is 11.5 Å². The zero-order valence-corrected chi connectivity index (χ0v) is 9.68. The zero-order valence-electron chi connectivity index (χ0n) is 9.68. The smallest absolute Gasteiger partial charge is 0.272 e. The van der Waals surface area contributed by atoms with E-state index in [2.05, 4.69) is 15.3 Å². The van der Waals surface area contributed by atoms with Crippen LogP contribution in [-0.2, 0) is 0 Å². The topological polar surface area (TPSA) is 68.0 Å². The summed E-state index contributed by atoms with van der Waals surface area (Å²) >= 11 is 0. The molecule has 1 amide bonds. The summed E-state index contributed by atoms with van der Waals surface area (Å²) in [6, 6.07) is 3.51. The van der Waals surface area contributed by atoms with E-state index in [-0.39, 0.29) is 11.9 Å². The molecule has 2 aromatic heterocycles. The van der Waals surface area contributed by atoms with Crippen molar-refractivity contribution in [2.45, 2.75) is 19.9 Å². The van der Waals surface area contributed by atoms with Crippen molar-refractivity contribution in [1.29, 1.82) is 0 Å². The summed E-state index contributed by atoms with van der Waals surface area (Å²) in [5.74, 6) is 1.28. The average molecular weight is 231 g/mol. The Kier molecular flexibility index (Phi) is 3.18. The lowest BCUT2D eigenvalue weighted by molar-refractivity contribution is 0.0929. The van der Waals surface area contributed by atoms with Crippen LogP contribution in [0, 0.1) is 6.92 Å². The number of amides is 1. The highest BCUT2D eigenvalue weighted by Gasteiger charge is 2.14. The number of rotatable bonds is 3. The summed E-state index contributed by atoms with van der Waals surface area (Å²) in [5, 5.41) is 2.79. The minimum Gasteiger partial charge on any atom is -0.464 e. The van der Waals surface area contributed by atoms with E-state index in [9.17, 15) is 4.79 Å². The standard InChI is InChI=1S/C12H13N3O2/c1-8-3-4-11(17-8)9(2)15-12(16)10-7-13-5-6-14-10/h3-7,9H,1-2H3,(H,15,16)/t9-/m1/s1. The Labute approximate surface area is 98.9 Å². The molecule has 0 spiro atoms. The molecule has 0 aromatic carbocycles. The van der Waals surface area contributed by atoms with E-state index in [1.54, 1.807) is 0 Å². The van der Waals surface area contributed by atoms with Crippen molar-refractivity contribution in [3.05, 3.63) is 47.9 Å². The number of hydrogen-bond donors (Lipinski definition) is 1. The summed E-state index contributed by atoms with van der Waals surface area (Å²) in [5.41, 5.74) is 0.294. The van der Waals surface area contributed by atoms with Crippen LogP contribution in [0.15, 0.2) is 35.1 Å². The number of carbonyl (C=O) groups is 1. The molecule has 0 aliphatic carbocycles. The van der Waals surface area contributed by atoms with Gasteiger partial charge in [0.2, 0.25) is 0 Å². The molecule has 1 atom stereocenters. The fourth-order valence-corrected chi connectivity index (χ4v) is 1.44. The van der Waals surface area contributed by atoms with Crippen molar-refractivity contribution in [1.82, 2.24) is 15.3 Å². The molecule has 0 saturated carbocycles. The maximum atomic E-state index is 11.8. The Morgan fingerprint density at radius 2 is 2.24 bits per heavy atom. The van der Waals surface area contributed by atoms with Crippen LogP contribution in [0.3, 0.4) is 0 Å². The van der Waals surface area contributed by atoms with Crippen molar-refractivity contribution < 1.29 is 9.21 Å². The van der Waals surface area contributed by atoms with Gasteiger partial charge in [-0.1, -0.05) is 0 Å². The van der Waals surface area contributed by atoms with Gasteiger partial charge in [0, 0.05) is 12.4 Å². The van der Waals surface area contributed by atoms with Crippen molar-refractivity contribution in [2.24, 2.45) is 0 Å². The molecule has 0 fully saturated rings. The SMILES string of the molecule is Cc1ccc([C@@H](C)NC(=O)c2cnccn2)o1. The number of aromatic nitrogens is 2. The molecule has 2 heterocycles. The number of nitrogens with zero attached hydrogens (tertiary/aromatic N) is 2. The van der Waals surface area contributed by atoms with E-state index in [4.69, 9.17) is 4.42 Å². The summed E-state index contributed by atoms with van der Waals surface area (Å²) in [6.07, 6.45) is 4.43. The normalized spacial score (nSPS) is 12.1. The van der Waals surface area contributed by atoms with Gasteiger partial charge in [-0.15, -0.1) is 0 Å². The van der Waals surface area contributed by atoms with Crippen LogP contribution in [0.1, 0.15) is 35.0 Å². The molecule has 5 heteroatoms. The number of carbonyl (C=O) groups excluding carboxylic acids is 1. The summed E-state index contributed by atoms with van der Waals surface area (Å²) in [7, 11) is 0. The molecule has 0 bridgehead atoms. The predicted octanol–water partition coefficient (Wildman–Crippen LogP) is 1.87. The number of nitrogens with one attached hydrogen (secondary N) is 1. The van der Waals surface area contributed by atoms with Gasteiger partial charge in [-0.05, 0) is 26.0 Å². The Bertz CT molecular complexity index is 507. The van der Waals surface area contributed by atoms with Gasteiger partial charge in [-0.25, -0.2) is 4.98 Å². The molecule has 1 N–H and O–H groups in total. The van der Waals surface area contributed by atoms with Crippen LogP contribution in [0.4, 0.5) is 0 Å². The van der Waals surface area contributed by atoms with Gasteiger partial charge in [-0.3, -0.25) is 9.78 Å². The second-order valence-electron chi connectivity index (χ2n) is 3.73. The molecule has 0 aliphatic heterocycles. The Balaban J connectivity index is 2.04. The third-order valence-corrected chi connectivity index (χ3v) is 2.33. The van der Waals surface area contributed by atoms with Gasteiger partial charge in [0.1, 0.15) is 17.2 Å². The third-order valence-electron chi connectivity index (χ3n) is 2.33. The fourth-order valence-electron chi connectivity index (χ4n) is 1.44. The van der Waals surface area contributed by atoms with Gasteiger partial charge in [0.05, 0.1) is 12.2 Å². The molecule has 2 rings (SSSR count). The van der Waals surface area contributed by atoms with Gasteiger partial charge < -0.3 is 9.73 Å². The molecule has 17 heavy (non-hydrogen) atoms. The third kappa shape index (κ3) is 2.69. The van der Waals surface area contributed by atoms with Gasteiger partial charge >= 0.3 is 0 Å². The highest BCUT2D eigenvalue weighted by Crippen LogP contribution is 2.15. The predicted molar refractivity (Wildman–Crippen MR) is 61.4 cm³/mol. The number of furan rings is 1. The molecule has 88 valence electrons. The van der Waals surface area contributed by atoms with E-state index in [1.807, 2.05) is 26.0 Å². The first-order valence-electron chi connectivity index (χ1n) is 5.30. The first kappa shape index (κ1) is 11.3. The second-order valence-corrected chi connectivity index (χ2v) is 3.73. The summed E-state index contributed by atoms with van der Waals surface area (Å²) < 4.78 is 5.43. The van der Waals surface area contributed by atoms with Crippen LogP contribution in [0.5, 0.6) is 0 Å². The lowest BCUT2D eigenvalue weighted by atomic mass is 10.2. The van der Waals surface area contributed by atoms with E-state index in [0.29, 0.717) is 5.69 Å². The molecule has 0 unspecified atom stereocenters. The largest absolute Gasteiger partial charge is 0.464 e. The van der Waals surface area contributed by atoms with E-state index >= 15 is 0 Å². The van der Waals surface area contributed by atoms with Crippen molar-refractivity contribution in [3.63, 3.8) is 0 Å². The minimum atomic E-state index is -0.264. The molecule has 2 aromatic rings. The molecular formula is C12H13N3O2. The zero-order chi connectivity index (χ0) is 12.3. The van der Waals surface area contributed by atoms with Crippen LogP contribution < -0.4 is 5.32 Å². The van der Waals surface area contributed by atoms with Gasteiger partial charge in [0.15, 0.2) is 0 Å². The quantitative estimate of drug-likeness (QED) is 0.875. The molecule has 0 radical (unpaired) electrons. The minimum absolute atomic E-state index is 0.196. The number of hydrogen-bond acceptors (Lipinski definition) is 4. The first-order chi connectivity index (χ1) is 8.16. The average Bonchev–Trinajstić information content (AvgIpc) is 2.77. The molecule has 0 aliphatic rings. The monoisotopic (exact) mass is 231 g/mol.